The van der Waals surface area contributed by atoms with Crippen LogP contribution in [0.25, 0.3) is 0 Å². The molecule has 0 saturated carbocycles. The summed E-state index contributed by atoms with van der Waals surface area (Å²) in [6.45, 7) is 5.02. The van der Waals surface area contributed by atoms with Gasteiger partial charge in [-0.2, -0.15) is 5.26 Å². The second-order valence-electron chi connectivity index (χ2n) is 3.91. The summed E-state index contributed by atoms with van der Waals surface area (Å²) in [6.07, 6.45) is -0.231. The molecule has 4 nitrogen and oxygen atoms in total. The minimum absolute atomic E-state index is 0.0907. The summed E-state index contributed by atoms with van der Waals surface area (Å²) in [7, 11) is 0. The molecule has 1 aromatic rings. The van der Waals surface area contributed by atoms with Crippen LogP contribution in [0, 0.1) is 11.3 Å². The highest BCUT2D eigenvalue weighted by Crippen LogP contribution is 2.28. The van der Waals surface area contributed by atoms with Crippen LogP contribution in [0.4, 0.5) is 5.69 Å². The van der Waals surface area contributed by atoms with Crippen molar-refractivity contribution in [3.8, 4) is 11.8 Å². The minimum atomic E-state index is -0.682. The van der Waals surface area contributed by atoms with Crippen molar-refractivity contribution in [2.24, 2.45) is 0 Å². The van der Waals surface area contributed by atoms with Gasteiger partial charge < -0.3 is 15.1 Å². The first-order chi connectivity index (χ1) is 8.10. The van der Waals surface area contributed by atoms with Gasteiger partial charge in [-0.3, -0.25) is 0 Å². The largest absolute Gasteiger partial charge is 0.507 e. The average Bonchev–Trinajstić information content (AvgIpc) is 2.29. The van der Waals surface area contributed by atoms with Gasteiger partial charge in [-0.05, 0) is 19.9 Å². The van der Waals surface area contributed by atoms with Gasteiger partial charge in [-0.1, -0.05) is 6.07 Å². The molecule has 2 N–H and O–H groups in total. The molecule has 92 valence electrons. The topological polar surface area (TPSA) is 67.5 Å². The second kappa shape index (κ2) is 6.12. The fourth-order valence-corrected chi connectivity index (χ4v) is 1.74. The van der Waals surface area contributed by atoms with Gasteiger partial charge in [0.15, 0.2) is 0 Å². The van der Waals surface area contributed by atoms with Crippen molar-refractivity contribution in [3.05, 3.63) is 23.8 Å². The molecule has 1 rings (SSSR count). The van der Waals surface area contributed by atoms with Crippen LogP contribution in [-0.2, 0) is 0 Å². The molecule has 0 aliphatic heterocycles. The number of aromatic hydroxyl groups is 1. The fourth-order valence-electron chi connectivity index (χ4n) is 1.74. The van der Waals surface area contributed by atoms with E-state index in [4.69, 9.17) is 5.26 Å². The molecule has 0 bridgehead atoms. The first kappa shape index (κ1) is 13.3. The molecule has 4 heteroatoms. The summed E-state index contributed by atoms with van der Waals surface area (Å²) < 4.78 is 0. The fraction of sp³-hybridized carbons (Fsp3) is 0.462. The van der Waals surface area contributed by atoms with E-state index in [0.29, 0.717) is 18.5 Å². The molecule has 0 aromatic heterocycles. The van der Waals surface area contributed by atoms with E-state index in [9.17, 15) is 10.2 Å². The number of benzene rings is 1. The maximum atomic E-state index is 9.78. The lowest BCUT2D eigenvalue weighted by Crippen LogP contribution is -2.23. The van der Waals surface area contributed by atoms with Crippen molar-refractivity contribution >= 4 is 5.69 Å². The van der Waals surface area contributed by atoms with Crippen molar-refractivity contribution < 1.29 is 10.2 Å². The summed E-state index contributed by atoms with van der Waals surface area (Å²) in [5.74, 6) is 0.0907. The molecule has 1 atom stereocenters. The van der Waals surface area contributed by atoms with Crippen molar-refractivity contribution in [3.63, 3.8) is 0 Å². The third kappa shape index (κ3) is 3.36. The monoisotopic (exact) mass is 234 g/mol. The van der Waals surface area contributed by atoms with E-state index in [2.05, 4.69) is 6.07 Å². The quantitative estimate of drug-likeness (QED) is 0.819. The lowest BCUT2D eigenvalue weighted by Gasteiger charge is -2.22. The second-order valence-corrected chi connectivity index (χ2v) is 3.91. The van der Waals surface area contributed by atoms with Gasteiger partial charge in [0.1, 0.15) is 5.75 Å². The van der Waals surface area contributed by atoms with E-state index in [0.717, 1.165) is 12.2 Å². The number of aliphatic hydroxyl groups is 1. The Morgan fingerprint density at radius 2 is 2.18 bits per heavy atom. The summed E-state index contributed by atoms with van der Waals surface area (Å²) in [5, 5.41) is 27.8. The van der Waals surface area contributed by atoms with Crippen LogP contribution in [0.3, 0.4) is 0 Å². The lowest BCUT2D eigenvalue weighted by molar-refractivity contribution is 0.195. The molecule has 0 fully saturated rings. The molecule has 0 amide bonds. The Bertz CT molecular complexity index is 410. The molecule has 0 aliphatic rings. The highest BCUT2D eigenvalue weighted by Gasteiger charge is 2.10. The van der Waals surface area contributed by atoms with Crippen molar-refractivity contribution in [1.82, 2.24) is 0 Å². The zero-order valence-electron chi connectivity index (χ0n) is 10.2. The zero-order chi connectivity index (χ0) is 12.8. The molecule has 1 unspecified atom stereocenters. The Balaban J connectivity index is 2.91. The van der Waals surface area contributed by atoms with Gasteiger partial charge in [-0.25, -0.2) is 0 Å². The predicted octanol–water partition coefficient (Wildman–Crippen LogP) is 2.19. The number of hydrogen-bond acceptors (Lipinski definition) is 4. The van der Waals surface area contributed by atoms with E-state index in [-0.39, 0.29) is 5.75 Å². The average molecular weight is 234 g/mol. The summed E-state index contributed by atoms with van der Waals surface area (Å²) in [6, 6.07) is 7.29. The highest BCUT2D eigenvalue weighted by atomic mass is 16.3. The third-order valence-electron chi connectivity index (χ3n) is 2.70. The molecule has 0 radical (unpaired) electrons. The number of anilines is 1. The Labute approximate surface area is 102 Å². The van der Waals surface area contributed by atoms with Gasteiger partial charge in [0.25, 0.3) is 0 Å². The number of phenols is 1. The Morgan fingerprint density at radius 3 is 2.65 bits per heavy atom. The number of phenolic OH excluding ortho intramolecular Hbond substituents is 1. The van der Waals surface area contributed by atoms with Gasteiger partial charge in [-0.15, -0.1) is 0 Å². The molecular weight excluding hydrogens is 216 g/mol. The summed E-state index contributed by atoms with van der Waals surface area (Å²) in [5.41, 5.74) is 1.38. The van der Waals surface area contributed by atoms with Crippen LogP contribution in [0.2, 0.25) is 0 Å². The molecule has 0 saturated heterocycles. The van der Waals surface area contributed by atoms with Gasteiger partial charge in [0, 0.05) is 30.4 Å². The van der Waals surface area contributed by atoms with Crippen LogP contribution in [-0.4, -0.2) is 23.3 Å². The lowest BCUT2D eigenvalue weighted by atomic mass is 10.1. The van der Waals surface area contributed by atoms with Crippen LogP contribution < -0.4 is 4.90 Å². The SMILES string of the molecule is CCN(CCC#N)c1ccc(C(C)O)c(O)c1. The van der Waals surface area contributed by atoms with Crippen LogP contribution in [0.5, 0.6) is 5.75 Å². The Morgan fingerprint density at radius 1 is 1.47 bits per heavy atom. The standard InChI is InChI=1S/C13H18N2O2/c1-3-15(8-4-7-14)11-5-6-12(10(2)16)13(17)9-11/h5-6,9-10,16-17H,3-4,8H2,1-2H3. The van der Waals surface area contributed by atoms with Crippen molar-refractivity contribution in [2.75, 3.05) is 18.0 Å². The van der Waals surface area contributed by atoms with Crippen LogP contribution in [0.1, 0.15) is 31.9 Å². The number of nitrogens with zero attached hydrogens (tertiary/aromatic N) is 2. The Kier molecular flexibility index (Phi) is 4.80. The molecule has 1 aromatic carbocycles. The van der Waals surface area contributed by atoms with Crippen molar-refractivity contribution in [1.29, 1.82) is 5.26 Å². The number of aliphatic hydroxyl groups excluding tert-OH is 1. The minimum Gasteiger partial charge on any atom is -0.507 e. The van der Waals surface area contributed by atoms with Crippen LogP contribution in [0.15, 0.2) is 18.2 Å². The Hall–Kier alpha value is -1.73. The summed E-state index contributed by atoms with van der Waals surface area (Å²) in [4.78, 5) is 2.01. The van der Waals surface area contributed by atoms with Gasteiger partial charge in [0.05, 0.1) is 18.6 Å². The molecule has 0 heterocycles. The zero-order valence-corrected chi connectivity index (χ0v) is 10.2. The first-order valence-corrected chi connectivity index (χ1v) is 5.73. The van der Waals surface area contributed by atoms with E-state index in [1.165, 1.54) is 0 Å². The van der Waals surface area contributed by atoms with Crippen LogP contribution >= 0.6 is 0 Å². The number of hydrogen-bond donors (Lipinski definition) is 2. The normalized spacial score (nSPS) is 11.9. The predicted molar refractivity (Wildman–Crippen MR) is 66.9 cm³/mol. The molecule has 17 heavy (non-hydrogen) atoms. The van der Waals surface area contributed by atoms with E-state index in [1.54, 1.807) is 19.1 Å². The third-order valence-corrected chi connectivity index (χ3v) is 2.70. The smallest absolute Gasteiger partial charge is 0.123 e. The highest BCUT2D eigenvalue weighted by molar-refractivity contribution is 5.53. The van der Waals surface area contributed by atoms with E-state index >= 15 is 0 Å². The first-order valence-electron chi connectivity index (χ1n) is 5.73. The van der Waals surface area contributed by atoms with E-state index in [1.807, 2.05) is 17.9 Å². The molecule has 0 spiro atoms. The van der Waals surface area contributed by atoms with Gasteiger partial charge in [0.2, 0.25) is 0 Å². The molecule has 0 aliphatic carbocycles. The summed E-state index contributed by atoms with van der Waals surface area (Å²) >= 11 is 0. The van der Waals surface area contributed by atoms with Crippen molar-refractivity contribution in [2.45, 2.75) is 26.4 Å². The van der Waals surface area contributed by atoms with Gasteiger partial charge >= 0.3 is 0 Å². The maximum absolute atomic E-state index is 9.78. The van der Waals surface area contributed by atoms with E-state index < -0.39 is 6.10 Å². The number of nitriles is 1. The number of rotatable bonds is 5. The molecular formula is C13H18N2O2. The maximum Gasteiger partial charge on any atom is 0.123 e.